The van der Waals surface area contributed by atoms with Gasteiger partial charge in [0.2, 0.25) is 0 Å². The number of nitrogens with zero attached hydrogens (tertiary/aromatic N) is 2. The second kappa shape index (κ2) is 6.40. The maximum atomic E-state index is 11.6. The zero-order valence-corrected chi connectivity index (χ0v) is 11.7. The number of aryl methyl sites for hydroxylation is 1. The molecule has 0 atom stereocenters. The van der Waals surface area contributed by atoms with E-state index in [1.807, 2.05) is 12.3 Å². The van der Waals surface area contributed by atoms with Gasteiger partial charge >= 0.3 is 5.97 Å². The molecular weight excluding hydrogens is 262 g/mol. The van der Waals surface area contributed by atoms with Crippen molar-refractivity contribution < 1.29 is 9.53 Å². The molecule has 19 heavy (non-hydrogen) atoms. The highest BCUT2D eigenvalue weighted by molar-refractivity contribution is 7.09. The fraction of sp³-hybridized carbons (Fsp3) is 0.308. The van der Waals surface area contributed by atoms with E-state index in [4.69, 9.17) is 4.74 Å². The maximum Gasteiger partial charge on any atom is 0.339 e. The van der Waals surface area contributed by atoms with E-state index in [9.17, 15) is 4.79 Å². The van der Waals surface area contributed by atoms with Crippen LogP contribution >= 0.6 is 11.3 Å². The number of carbonyl (C=O) groups excluding carboxylic acids is 1. The number of ether oxygens (including phenoxy) is 1. The van der Waals surface area contributed by atoms with Crippen molar-refractivity contribution in [3.63, 3.8) is 0 Å². The lowest BCUT2D eigenvalue weighted by atomic mass is 10.2. The molecule has 2 aromatic rings. The van der Waals surface area contributed by atoms with Crippen LogP contribution in [-0.2, 0) is 17.8 Å². The van der Waals surface area contributed by atoms with E-state index in [0.29, 0.717) is 24.3 Å². The smallest absolute Gasteiger partial charge is 0.339 e. The topological polar surface area (TPSA) is 64.1 Å². The third-order valence-electron chi connectivity index (χ3n) is 2.53. The molecular formula is C13H15N3O2S. The van der Waals surface area contributed by atoms with Gasteiger partial charge in [0.05, 0.1) is 18.4 Å². The number of methoxy groups -OCH3 is 1. The van der Waals surface area contributed by atoms with Crippen LogP contribution in [-0.4, -0.2) is 23.0 Å². The van der Waals surface area contributed by atoms with Crippen LogP contribution < -0.4 is 5.32 Å². The quantitative estimate of drug-likeness (QED) is 0.846. The van der Waals surface area contributed by atoms with Crippen molar-refractivity contribution in [1.82, 2.24) is 15.3 Å². The van der Waals surface area contributed by atoms with E-state index < -0.39 is 0 Å². The summed E-state index contributed by atoms with van der Waals surface area (Å²) in [4.78, 5) is 20.1. The molecule has 5 nitrogen and oxygen atoms in total. The summed E-state index contributed by atoms with van der Waals surface area (Å²) in [5.74, 6) is -0.366. The molecule has 0 spiro atoms. The van der Waals surface area contributed by atoms with Crippen molar-refractivity contribution in [2.24, 2.45) is 0 Å². The second-order valence-electron chi connectivity index (χ2n) is 3.98. The van der Waals surface area contributed by atoms with Gasteiger partial charge in [0.1, 0.15) is 5.01 Å². The summed E-state index contributed by atoms with van der Waals surface area (Å²) in [5.41, 5.74) is 2.20. The van der Waals surface area contributed by atoms with E-state index in [2.05, 4.69) is 15.3 Å². The van der Waals surface area contributed by atoms with Crippen molar-refractivity contribution in [1.29, 1.82) is 0 Å². The van der Waals surface area contributed by atoms with Crippen LogP contribution in [0.25, 0.3) is 0 Å². The Morgan fingerprint density at radius 3 is 3.00 bits per heavy atom. The highest BCUT2D eigenvalue weighted by Crippen LogP contribution is 2.10. The van der Waals surface area contributed by atoms with Crippen LogP contribution in [0.4, 0.5) is 0 Å². The number of carbonyl (C=O) groups is 1. The first-order valence-electron chi connectivity index (χ1n) is 5.84. The first-order valence-corrected chi connectivity index (χ1v) is 6.72. The first kappa shape index (κ1) is 13.6. The highest BCUT2D eigenvalue weighted by Gasteiger charge is 2.11. The van der Waals surface area contributed by atoms with Crippen molar-refractivity contribution in [3.05, 3.63) is 45.7 Å². The molecule has 6 heteroatoms. The van der Waals surface area contributed by atoms with Crippen LogP contribution in [0, 0.1) is 6.92 Å². The van der Waals surface area contributed by atoms with Crippen LogP contribution in [0.5, 0.6) is 0 Å². The molecule has 2 aromatic heterocycles. The molecule has 0 aliphatic heterocycles. The zero-order valence-electron chi connectivity index (χ0n) is 10.8. The summed E-state index contributed by atoms with van der Waals surface area (Å²) in [6.45, 7) is 3.13. The van der Waals surface area contributed by atoms with Crippen LogP contribution in [0.15, 0.2) is 23.7 Å². The summed E-state index contributed by atoms with van der Waals surface area (Å²) in [7, 11) is 1.37. The summed E-state index contributed by atoms with van der Waals surface area (Å²) < 4.78 is 4.73. The lowest BCUT2D eigenvalue weighted by Gasteiger charge is -2.07. The molecule has 0 radical (unpaired) electrons. The van der Waals surface area contributed by atoms with E-state index >= 15 is 0 Å². The lowest BCUT2D eigenvalue weighted by Crippen LogP contribution is -2.17. The maximum absolute atomic E-state index is 11.6. The molecule has 0 saturated carbocycles. The van der Waals surface area contributed by atoms with Crippen molar-refractivity contribution >= 4 is 17.3 Å². The largest absolute Gasteiger partial charge is 0.465 e. The zero-order chi connectivity index (χ0) is 13.7. The number of hydrogen-bond donors (Lipinski definition) is 1. The van der Waals surface area contributed by atoms with Gasteiger partial charge in [-0.2, -0.15) is 0 Å². The van der Waals surface area contributed by atoms with E-state index in [1.54, 1.807) is 29.7 Å². The average molecular weight is 277 g/mol. The average Bonchev–Trinajstić information content (AvgIpc) is 2.84. The third kappa shape index (κ3) is 3.59. The van der Waals surface area contributed by atoms with Gasteiger partial charge in [-0.25, -0.2) is 9.78 Å². The molecule has 1 N–H and O–H groups in total. The lowest BCUT2D eigenvalue weighted by molar-refractivity contribution is 0.0598. The fourth-order valence-corrected chi connectivity index (χ4v) is 2.39. The Hall–Kier alpha value is -1.79. The predicted octanol–water partition coefficient (Wildman–Crippen LogP) is 1.92. The molecule has 0 aliphatic carbocycles. The monoisotopic (exact) mass is 277 g/mol. The van der Waals surface area contributed by atoms with Gasteiger partial charge in [-0.05, 0) is 19.1 Å². The fourth-order valence-electron chi connectivity index (χ4n) is 1.65. The first-order chi connectivity index (χ1) is 9.20. The molecule has 0 amide bonds. The minimum atomic E-state index is -0.366. The molecule has 100 valence electrons. The number of esters is 1. The number of aromatic nitrogens is 2. The van der Waals surface area contributed by atoms with Gasteiger partial charge in [0, 0.05) is 30.4 Å². The molecule has 0 bridgehead atoms. The molecule has 0 saturated heterocycles. The Bertz CT molecular complexity index is 569. The number of thiazole rings is 1. The van der Waals surface area contributed by atoms with Crippen LogP contribution in [0.3, 0.4) is 0 Å². The van der Waals surface area contributed by atoms with Crippen molar-refractivity contribution in [2.75, 3.05) is 7.11 Å². The Morgan fingerprint density at radius 2 is 2.32 bits per heavy atom. The van der Waals surface area contributed by atoms with Gasteiger partial charge in [0.25, 0.3) is 0 Å². The molecule has 0 unspecified atom stereocenters. The molecule has 0 aromatic carbocycles. The van der Waals surface area contributed by atoms with Gasteiger partial charge in [0.15, 0.2) is 0 Å². The van der Waals surface area contributed by atoms with Crippen LogP contribution in [0.1, 0.15) is 26.8 Å². The molecule has 0 fully saturated rings. The molecule has 0 aliphatic rings. The second-order valence-corrected chi connectivity index (χ2v) is 4.92. The highest BCUT2D eigenvalue weighted by atomic mass is 32.1. The van der Waals surface area contributed by atoms with Gasteiger partial charge in [-0.15, -0.1) is 11.3 Å². The number of nitrogens with one attached hydrogen (secondary N) is 1. The van der Waals surface area contributed by atoms with Crippen LogP contribution in [0.2, 0.25) is 0 Å². The SMILES string of the molecule is COC(=O)c1cccnc1CNCc1nc(C)cs1. The normalized spacial score (nSPS) is 10.4. The molecule has 2 rings (SSSR count). The number of hydrogen-bond acceptors (Lipinski definition) is 6. The van der Waals surface area contributed by atoms with E-state index in [-0.39, 0.29) is 5.97 Å². The standard InChI is InChI=1S/C13H15N3O2S/c1-9-8-19-12(16-9)7-14-6-11-10(13(17)18-2)4-3-5-15-11/h3-5,8,14H,6-7H2,1-2H3. The predicted molar refractivity (Wildman–Crippen MR) is 73.0 cm³/mol. The summed E-state index contributed by atoms with van der Waals surface area (Å²) in [5, 5.41) is 6.26. The Labute approximate surface area is 115 Å². The van der Waals surface area contributed by atoms with Gasteiger partial charge in [-0.1, -0.05) is 0 Å². The van der Waals surface area contributed by atoms with Gasteiger partial charge in [-0.3, -0.25) is 4.98 Å². The van der Waals surface area contributed by atoms with Crippen molar-refractivity contribution in [3.8, 4) is 0 Å². The minimum absolute atomic E-state index is 0.366. The number of rotatable bonds is 5. The summed E-state index contributed by atoms with van der Waals surface area (Å²) >= 11 is 1.61. The Balaban J connectivity index is 1.97. The number of pyridine rings is 1. The van der Waals surface area contributed by atoms with Crippen molar-refractivity contribution in [2.45, 2.75) is 20.0 Å². The van der Waals surface area contributed by atoms with E-state index in [0.717, 1.165) is 10.7 Å². The Morgan fingerprint density at radius 1 is 1.47 bits per heavy atom. The Kier molecular flexibility index (Phi) is 4.59. The molecule has 2 heterocycles. The summed E-state index contributed by atoms with van der Waals surface area (Å²) in [6.07, 6.45) is 1.66. The van der Waals surface area contributed by atoms with E-state index in [1.165, 1.54) is 7.11 Å². The minimum Gasteiger partial charge on any atom is -0.465 e. The van der Waals surface area contributed by atoms with Gasteiger partial charge < -0.3 is 10.1 Å². The summed E-state index contributed by atoms with van der Waals surface area (Å²) in [6, 6.07) is 3.43. The third-order valence-corrected chi connectivity index (χ3v) is 3.50.